The zero-order valence-electron chi connectivity index (χ0n) is 20.1. The van der Waals surface area contributed by atoms with Crippen molar-refractivity contribution in [1.29, 1.82) is 0 Å². The average Bonchev–Trinajstić information content (AvgIpc) is 2.73. The molecule has 0 N–H and O–H groups in total. The summed E-state index contributed by atoms with van der Waals surface area (Å²) in [5.74, 6) is 6.36. The molecule has 1 unspecified atom stereocenters. The first-order valence-corrected chi connectivity index (χ1v) is 11.0. The summed E-state index contributed by atoms with van der Waals surface area (Å²) in [7, 11) is 1.40. The molecule has 0 saturated heterocycles. The Morgan fingerprint density at radius 2 is 1.58 bits per heavy atom. The van der Waals surface area contributed by atoms with E-state index in [9.17, 15) is 4.79 Å². The standard InChI is InChI=1S/C28H38O3/c1-7-10-26(21-28(29)30-6)25-15-17-27(18-16-25)31-20-19-24(5)14-9-13-23(4)12-8-11-22(2)3/h11,13,15-19,26H,8-9,12,14,20-21H2,1-6H3/b23-13+,24-19+. The molecule has 1 aromatic carbocycles. The number of methoxy groups -OCH3 is 1. The summed E-state index contributed by atoms with van der Waals surface area (Å²) >= 11 is 0. The van der Waals surface area contributed by atoms with Crippen molar-refractivity contribution in [3.8, 4) is 17.6 Å². The Labute approximate surface area is 189 Å². The lowest BCUT2D eigenvalue weighted by Gasteiger charge is -2.11. The third-order valence-electron chi connectivity index (χ3n) is 5.00. The molecule has 0 heterocycles. The maximum absolute atomic E-state index is 11.6. The van der Waals surface area contributed by atoms with Crippen LogP contribution in [0.5, 0.6) is 5.75 Å². The first-order valence-electron chi connectivity index (χ1n) is 11.0. The fourth-order valence-electron chi connectivity index (χ4n) is 3.09. The van der Waals surface area contributed by atoms with Gasteiger partial charge in [0, 0.05) is 0 Å². The van der Waals surface area contributed by atoms with Gasteiger partial charge in [0.25, 0.3) is 0 Å². The van der Waals surface area contributed by atoms with Crippen molar-refractivity contribution >= 4 is 5.97 Å². The molecule has 31 heavy (non-hydrogen) atoms. The molecule has 168 valence electrons. The van der Waals surface area contributed by atoms with Crippen molar-refractivity contribution in [3.05, 3.63) is 64.8 Å². The minimum Gasteiger partial charge on any atom is -0.490 e. The number of carbonyl (C=O) groups is 1. The van der Waals surface area contributed by atoms with Gasteiger partial charge in [-0.2, -0.15) is 0 Å². The van der Waals surface area contributed by atoms with E-state index >= 15 is 0 Å². The van der Waals surface area contributed by atoms with E-state index < -0.39 is 0 Å². The highest BCUT2D eigenvalue weighted by Gasteiger charge is 2.14. The molecule has 0 aliphatic heterocycles. The molecular formula is C28H38O3. The Bertz CT molecular complexity index is 825. The zero-order valence-corrected chi connectivity index (χ0v) is 20.1. The molecule has 0 radical (unpaired) electrons. The van der Waals surface area contributed by atoms with Crippen molar-refractivity contribution in [2.75, 3.05) is 13.7 Å². The first-order chi connectivity index (χ1) is 14.8. The summed E-state index contributed by atoms with van der Waals surface area (Å²) in [6.45, 7) is 11.0. The Morgan fingerprint density at radius 3 is 2.16 bits per heavy atom. The number of ether oxygens (including phenoxy) is 2. The first kappa shape index (κ1) is 26.3. The fourth-order valence-corrected chi connectivity index (χ4v) is 3.09. The number of benzene rings is 1. The molecule has 3 heteroatoms. The number of hydrogen-bond acceptors (Lipinski definition) is 3. The third kappa shape index (κ3) is 11.9. The topological polar surface area (TPSA) is 35.5 Å². The summed E-state index contributed by atoms with van der Waals surface area (Å²) < 4.78 is 10.6. The van der Waals surface area contributed by atoms with Crippen LogP contribution in [0.1, 0.15) is 78.2 Å². The number of carbonyl (C=O) groups excluding carboxylic acids is 1. The van der Waals surface area contributed by atoms with Gasteiger partial charge < -0.3 is 9.47 Å². The Hall–Kier alpha value is -2.73. The molecule has 0 aromatic heterocycles. The molecule has 0 bridgehead atoms. The highest BCUT2D eigenvalue weighted by Crippen LogP contribution is 2.22. The SMILES string of the molecule is CC#CC(CC(=O)OC)c1ccc(OC/C=C(\C)CC/C=C(\C)CCC=C(C)C)cc1. The molecule has 0 saturated carbocycles. The lowest BCUT2D eigenvalue weighted by molar-refractivity contribution is -0.140. The molecule has 1 atom stereocenters. The number of hydrogen-bond donors (Lipinski definition) is 0. The summed E-state index contributed by atoms with van der Waals surface area (Å²) in [6, 6.07) is 7.79. The van der Waals surface area contributed by atoms with Gasteiger partial charge in [0.2, 0.25) is 0 Å². The van der Waals surface area contributed by atoms with E-state index in [0.717, 1.165) is 37.0 Å². The highest BCUT2D eigenvalue weighted by atomic mass is 16.5. The van der Waals surface area contributed by atoms with Crippen molar-refractivity contribution in [3.63, 3.8) is 0 Å². The van der Waals surface area contributed by atoms with Gasteiger partial charge in [-0.15, -0.1) is 5.92 Å². The summed E-state index contributed by atoms with van der Waals surface area (Å²) in [5, 5.41) is 0. The maximum Gasteiger partial charge on any atom is 0.307 e. The normalized spacial score (nSPS) is 12.5. The molecular weight excluding hydrogens is 384 g/mol. The number of allylic oxidation sites excluding steroid dienone is 5. The molecule has 1 aromatic rings. The minimum atomic E-state index is -0.258. The minimum absolute atomic E-state index is 0.160. The molecule has 3 nitrogen and oxygen atoms in total. The quantitative estimate of drug-likeness (QED) is 0.204. The van der Waals surface area contributed by atoms with Gasteiger partial charge in [-0.1, -0.05) is 46.9 Å². The lowest BCUT2D eigenvalue weighted by Crippen LogP contribution is -2.07. The number of esters is 1. The van der Waals surface area contributed by atoms with Gasteiger partial charge >= 0.3 is 5.97 Å². The van der Waals surface area contributed by atoms with E-state index in [1.807, 2.05) is 24.3 Å². The fraction of sp³-hybridized carbons (Fsp3) is 0.464. The van der Waals surface area contributed by atoms with Crippen LogP contribution in [0, 0.1) is 11.8 Å². The summed E-state index contributed by atoms with van der Waals surface area (Å²) in [5.41, 5.74) is 5.17. The summed E-state index contributed by atoms with van der Waals surface area (Å²) in [6.07, 6.45) is 11.4. The van der Waals surface area contributed by atoms with Crippen LogP contribution >= 0.6 is 0 Å². The number of rotatable bonds is 12. The second kappa shape index (κ2) is 15.1. The average molecular weight is 423 g/mol. The van der Waals surface area contributed by atoms with Gasteiger partial charge in [-0.25, -0.2) is 0 Å². The van der Waals surface area contributed by atoms with Crippen LogP contribution < -0.4 is 4.74 Å². The zero-order chi connectivity index (χ0) is 23.1. The van der Waals surface area contributed by atoms with Crippen LogP contribution in [0.2, 0.25) is 0 Å². The van der Waals surface area contributed by atoms with Crippen LogP contribution in [0.4, 0.5) is 0 Å². The van der Waals surface area contributed by atoms with E-state index in [2.05, 4.69) is 57.8 Å². The second-order valence-corrected chi connectivity index (χ2v) is 8.07. The van der Waals surface area contributed by atoms with E-state index in [-0.39, 0.29) is 18.3 Å². The smallest absolute Gasteiger partial charge is 0.307 e. The van der Waals surface area contributed by atoms with Gasteiger partial charge in [-0.3, -0.25) is 4.79 Å². The maximum atomic E-state index is 11.6. The van der Waals surface area contributed by atoms with Crippen LogP contribution in [-0.2, 0) is 9.53 Å². The Kier molecular flexibility index (Phi) is 12.8. The van der Waals surface area contributed by atoms with Crippen molar-refractivity contribution in [2.45, 2.75) is 72.6 Å². The van der Waals surface area contributed by atoms with Crippen molar-refractivity contribution in [2.24, 2.45) is 0 Å². The molecule has 1 rings (SSSR count). The second-order valence-electron chi connectivity index (χ2n) is 8.07. The Morgan fingerprint density at radius 1 is 0.968 bits per heavy atom. The van der Waals surface area contributed by atoms with Gasteiger partial charge in [0.15, 0.2) is 0 Å². The third-order valence-corrected chi connectivity index (χ3v) is 5.00. The van der Waals surface area contributed by atoms with Crippen molar-refractivity contribution < 1.29 is 14.3 Å². The van der Waals surface area contributed by atoms with E-state index in [1.54, 1.807) is 6.92 Å². The Balaban J connectivity index is 2.48. The largest absolute Gasteiger partial charge is 0.490 e. The van der Waals surface area contributed by atoms with Crippen molar-refractivity contribution in [1.82, 2.24) is 0 Å². The predicted molar refractivity (Wildman–Crippen MR) is 130 cm³/mol. The molecule has 0 amide bonds. The lowest BCUT2D eigenvalue weighted by atomic mass is 9.96. The monoisotopic (exact) mass is 422 g/mol. The highest BCUT2D eigenvalue weighted by molar-refractivity contribution is 5.71. The van der Waals surface area contributed by atoms with E-state index in [0.29, 0.717) is 6.61 Å². The summed E-state index contributed by atoms with van der Waals surface area (Å²) in [4.78, 5) is 11.6. The van der Waals surface area contributed by atoms with Gasteiger partial charge in [-0.05, 0) is 84.1 Å². The van der Waals surface area contributed by atoms with Crippen LogP contribution in [-0.4, -0.2) is 19.7 Å². The molecule has 0 aliphatic carbocycles. The van der Waals surface area contributed by atoms with Gasteiger partial charge in [0.05, 0.1) is 19.4 Å². The van der Waals surface area contributed by atoms with E-state index in [4.69, 9.17) is 9.47 Å². The molecule has 0 fully saturated rings. The van der Waals surface area contributed by atoms with Crippen LogP contribution in [0.3, 0.4) is 0 Å². The molecule has 0 spiro atoms. The van der Waals surface area contributed by atoms with E-state index in [1.165, 1.54) is 23.8 Å². The van der Waals surface area contributed by atoms with Crippen LogP contribution in [0.15, 0.2) is 59.2 Å². The van der Waals surface area contributed by atoms with Crippen LogP contribution in [0.25, 0.3) is 0 Å². The molecule has 0 aliphatic rings. The van der Waals surface area contributed by atoms with Gasteiger partial charge in [0.1, 0.15) is 12.4 Å². The predicted octanol–water partition coefficient (Wildman–Crippen LogP) is 7.15.